The molecule has 1 fully saturated rings. The molecule has 4 rings (SSSR count). The van der Waals surface area contributed by atoms with E-state index in [-0.39, 0.29) is 17.7 Å². The highest BCUT2D eigenvalue weighted by Crippen LogP contribution is 2.24. The Morgan fingerprint density at radius 3 is 2.58 bits per heavy atom. The van der Waals surface area contributed by atoms with Gasteiger partial charge >= 0.3 is 0 Å². The van der Waals surface area contributed by atoms with E-state index < -0.39 is 0 Å². The summed E-state index contributed by atoms with van der Waals surface area (Å²) in [5.41, 5.74) is 3.99. The number of benzene rings is 2. The van der Waals surface area contributed by atoms with Crippen LogP contribution in [0, 0.1) is 5.92 Å². The van der Waals surface area contributed by atoms with Gasteiger partial charge in [0.2, 0.25) is 5.91 Å². The zero-order valence-corrected chi connectivity index (χ0v) is 19.5. The minimum atomic E-state index is -0.271. The van der Waals surface area contributed by atoms with Gasteiger partial charge in [-0.15, -0.1) is 0 Å². The van der Waals surface area contributed by atoms with Gasteiger partial charge in [-0.2, -0.15) is 0 Å². The first-order valence-electron chi connectivity index (χ1n) is 11.8. The average Bonchev–Trinajstić information content (AvgIpc) is 3.28. The SMILES string of the molecule is CCCN1CCN(C(=O)c2cncn2CC)C[C@H](Cc2cccc(-c3ccccc3)c2)C1=O. The van der Waals surface area contributed by atoms with Gasteiger partial charge in [0.1, 0.15) is 5.69 Å². The van der Waals surface area contributed by atoms with E-state index in [1.54, 1.807) is 12.5 Å². The maximum atomic E-state index is 13.4. The molecule has 1 atom stereocenters. The monoisotopic (exact) mass is 444 g/mol. The molecule has 0 bridgehead atoms. The van der Waals surface area contributed by atoms with E-state index in [1.165, 1.54) is 0 Å². The van der Waals surface area contributed by atoms with Crippen LogP contribution in [0.3, 0.4) is 0 Å². The molecule has 1 aliphatic heterocycles. The van der Waals surface area contributed by atoms with Crippen molar-refractivity contribution >= 4 is 11.8 Å². The van der Waals surface area contributed by atoms with E-state index in [9.17, 15) is 9.59 Å². The summed E-state index contributed by atoms with van der Waals surface area (Å²) in [6, 6.07) is 18.6. The summed E-state index contributed by atoms with van der Waals surface area (Å²) < 4.78 is 1.86. The molecule has 6 nitrogen and oxygen atoms in total. The molecule has 2 aromatic carbocycles. The van der Waals surface area contributed by atoms with Crippen LogP contribution in [0.15, 0.2) is 67.1 Å². The number of rotatable bonds is 7. The molecule has 33 heavy (non-hydrogen) atoms. The molecule has 0 spiro atoms. The first kappa shape index (κ1) is 22.8. The van der Waals surface area contributed by atoms with E-state index in [0.29, 0.717) is 44.8 Å². The van der Waals surface area contributed by atoms with Crippen LogP contribution in [-0.2, 0) is 17.8 Å². The lowest BCUT2D eigenvalue weighted by atomic mass is 9.94. The van der Waals surface area contributed by atoms with Gasteiger partial charge in [-0.3, -0.25) is 9.59 Å². The van der Waals surface area contributed by atoms with Crippen molar-refractivity contribution in [2.24, 2.45) is 5.92 Å². The van der Waals surface area contributed by atoms with E-state index in [2.05, 4.69) is 42.2 Å². The molecule has 3 aromatic rings. The maximum Gasteiger partial charge on any atom is 0.272 e. The van der Waals surface area contributed by atoms with Crippen molar-refractivity contribution in [1.29, 1.82) is 0 Å². The molecular formula is C27H32N4O2. The predicted octanol–water partition coefficient (Wildman–Crippen LogP) is 4.12. The fourth-order valence-electron chi connectivity index (χ4n) is 4.58. The third-order valence-corrected chi connectivity index (χ3v) is 6.31. The molecule has 2 heterocycles. The van der Waals surface area contributed by atoms with Gasteiger partial charge in [0.15, 0.2) is 0 Å². The predicted molar refractivity (Wildman–Crippen MR) is 130 cm³/mol. The van der Waals surface area contributed by atoms with Crippen LogP contribution >= 0.6 is 0 Å². The largest absolute Gasteiger partial charge is 0.341 e. The van der Waals surface area contributed by atoms with Crippen molar-refractivity contribution in [3.05, 3.63) is 78.4 Å². The molecule has 0 aliphatic carbocycles. The van der Waals surface area contributed by atoms with Gasteiger partial charge in [0.05, 0.1) is 18.4 Å². The summed E-state index contributed by atoms with van der Waals surface area (Å²) in [6.07, 6.45) is 4.82. The van der Waals surface area contributed by atoms with Crippen LogP contribution in [0.2, 0.25) is 0 Å². The summed E-state index contributed by atoms with van der Waals surface area (Å²) in [5.74, 6) is -0.184. The number of imidazole rings is 1. The molecule has 0 N–H and O–H groups in total. The van der Waals surface area contributed by atoms with E-state index >= 15 is 0 Å². The molecule has 0 saturated carbocycles. The van der Waals surface area contributed by atoms with Crippen molar-refractivity contribution in [2.75, 3.05) is 26.2 Å². The number of aryl methyl sites for hydroxylation is 1. The number of hydrogen-bond donors (Lipinski definition) is 0. The molecule has 1 aliphatic rings. The van der Waals surface area contributed by atoms with Crippen molar-refractivity contribution in [3.63, 3.8) is 0 Å². The molecule has 172 valence electrons. The summed E-state index contributed by atoms with van der Waals surface area (Å²) in [6.45, 7) is 7.01. The Labute approximate surface area is 195 Å². The topological polar surface area (TPSA) is 58.4 Å². The van der Waals surface area contributed by atoms with Gasteiger partial charge in [-0.05, 0) is 36.5 Å². The van der Waals surface area contributed by atoms with Crippen molar-refractivity contribution in [1.82, 2.24) is 19.4 Å². The number of nitrogens with zero attached hydrogens (tertiary/aromatic N) is 4. The zero-order valence-electron chi connectivity index (χ0n) is 19.5. The zero-order chi connectivity index (χ0) is 23.2. The van der Waals surface area contributed by atoms with Crippen LogP contribution in [0.25, 0.3) is 11.1 Å². The second-order valence-corrected chi connectivity index (χ2v) is 8.61. The van der Waals surface area contributed by atoms with Gasteiger partial charge < -0.3 is 14.4 Å². The molecule has 2 amide bonds. The second-order valence-electron chi connectivity index (χ2n) is 8.61. The molecule has 1 saturated heterocycles. The smallest absolute Gasteiger partial charge is 0.272 e. The van der Waals surface area contributed by atoms with Gasteiger partial charge in [-0.25, -0.2) is 4.98 Å². The van der Waals surface area contributed by atoms with Crippen molar-refractivity contribution in [2.45, 2.75) is 33.2 Å². The van der Waals surface area contributed by atoms with Crippen LogP contribution < -0.4 is 0 Å². The minimum absolute atomic E-state index is 0.0523. The summed E-state index contributed by atoms with van der Waals surface area (Å²) in [4.78, 5) is 34.7. The highest BCUT2D eigenvalue weighted by Gasteiger charge is 2.33. The number of amides is 2. The summed E-state index contributed by atoms with van der Waals surface area (Å²) >= 11 is 0. The maximum absolute atomic E-state index is 13.4. The highest BCUT2D eigenvalue weighted by atomic mass is 16.2. The van der Waals surface area contributed by atoms with E-state index in [0.717, 1.165) is 23.1 Å². The first-order valence-corrected chi connectivity index (χ1v) is 11.8. The van der Waals surface area contributed by atoms with Crippen LogP contribution in [-0.4, -0.2) is 57.3 Å². The standard InChI is InChI=1S/C27H32N4O2/c1-3-13-30-14-15-31(27(33)25-18-28-20-29(25)4-2)19-24(26(30)32)17-21-9-8-12-23(16-21)22-10-6-5-7-11-22/h5-12,16,18,20,24H,3-4,13-15,17,19H2,1-2H3/t24-/m0/s1. The molecule has 6 heteroatoms. The summed E-state index contributed by atoms with van der Waals surface area (Å²) in [7, 11) is 0. The lowest BCUT2D eigenvalue weighted by Crippen LogP contribution is -2.38. The Morgan fingerprint density at radius 1 is 1.03 bits per heavy atom. The van der Waals surface area contributed by atoms with Crippen LogP contribution in [0.5, 0.6) is 0 Å². The fourth-order valence-corrected chi connectivity index (χ4v) is 4.58. The van der Waals surface area contributed by atoms with Crippen molar-refractivity contribution < 1.29 is 9.59 Å². The molecular weight excluding hydrogens is 412 g/mol. The Kier molecular flexibility index (Phi) is 7.23. The number of carbonyl (C=O) groups excluding carboxylic acids is 2. The third kappa shape index (κ3) is 5.16. The van der Waals surface area contributed by atoms with Gasteiger partial charge in [0, 0.05) is 32.7 Å². The quantitative estimate of drug-likeness (QED) is 0.551. The molecule has 0 radical (unpaired) electrons. The first-order chi connectivity index (χ1) is 16.1. The average molecular weight is 445 g/mol. The number of aromatic nitrogens is 2. The van der Waals surface area contributed by atoms with Gasteiger partial charge in [-0.1, -0.05) is 61.5 Å². The van der Waals surface area contributed by atoms with Crippen LogP contribution in [0.1, 0.15) is 36.3 Å². The van der Waals surface area contributed by atoms with E-state index in [4.69, 9.17) is 0 Å². The summed E-state index contributed by atoms with van der Waals surface area (Å²) in [5, 5.41) is 0. The van der Waals surface area contributed by atoms with Crippen LogP contribution in [0.4, 0.5) is 0 Å². The van der Waals surface area contributed by atoms with Crippen molar-refractivity contribution in [3.8, 4) is 11.1 Å². The Bertz CT molecular complexity index is 1090. The minimum Gasteiger partial charge on any atom is -0.341 e. The third-order valence-electron chi connectivity index (χ3n) is 6.31. The lowest BCUT2D eigenvalue weighted by molar-refractivity contribution is -0.134. The molecule has 0 unspecified atom stereocenters. The Balaban J connectivity index is 1.59. The number of hydrogen-bond acceptors (Lipinski definition) is 3. The second kappa shape index (κ2) is 10.5. The Hall–Kier alpha value is -3.41. The highest BCUT2D eigenvalue weighted by molar-refractivity contribution is 5.93. The molecule has 1 aromatic heterocycles. The number of carbonyl (C=O) groups is 2. The Morgan fingerprint density at radius 2 is 1.82 bits per heavy atom. The fraction of sp³-hybridized carbons (Fsp3) is 0.370. The van der Waals surface area contributed by atoms with Gasteiger partial charge in [0.25, 0.3) is 5.91 Å². The van der Waals surface area contributed by atoms with E-state index in [1.807, 2.05) is 45.6 Å². The normalized spacial score (nSPS) is 16.7. The lowest BCUT2D eigenvalue weighted by Gasteiger charge is -2.24.